The summed E-state index contributed by atoms with van der Waals surface area (Å²) in [5.74, 6) is 0.399. The molecule has 0 aliphatic carbocycles. The van der Waals surface area contributed by atoms with E-state index in [0.29, 0.717) is 12.5 Å². The van der Waals surface area contributed by atoms with E-state index in [9.17, 15) is 9.59 Å². The maximum atomic E-state index is 11.5. The first-order chi connectivity index (χ1) is 6.57. The van der Waals surface area contributed by atoms with Gasteiger partial charge >= 0.3 is 0 Å². The molecule has 0 radical (unpaired) electrons. The number of rotatable bonds is 2. The fraction of sp³-hybridized carbons (Fsp3) is 0.800. The van der Waals surface area contributed by atoms with E-state index in [4.69, 9.17) is 0 Å². The standard InChI is InChI=1S/C10H17NO2S/c1-3-8-5-4-6-11(10(13)14)9(8)7(2)12/h8-9H,3-6H2,1-2H3,(H,13,14). The van der Waals surface area contributed by atoms with E-state index < -0.39 is 0 Å². The van der Waals surface area contributed by atoms with Crippen molar-refractivity contribution >= 4 is 23.7 Å². The summed E-state index contributed by atoms with van der Waals surface area (Å²) >= 11 is 3.81. The fourth-order valence-corrected chi connectivity index (χ4v) is 2.49. The summed E-state index contributed by atoms with van der Waals surface area (Å²) in [5.41, 5.74) is 0. The molecule has 4 heteroatoms. The number of carbonyl (C=O) groups is 2. The Morgan fingerprint density at radius 2 is 2.14 bits per heavy atom. The van der Waals surface area contributed by atoms with Gasteiger partial charge in [0.05, 0.1) is 6.04 Å². The molecule has 2 unspecified atom stereocenters. The van der Waals surface area contributed by atoms with E-state index in [-0.39, 0.29) is 17.1 Å². The molecule has 3 nitrogen and oxygen atoms in total. The van der Waals surface area contributed by atoms with Gasteiger partial charge in [0.1, 0.15) is 0 Å². The Morgan fingerprint density at radius 1 is 1.50 bits per heavy atom. The van der Waals surface area contributed by atoms with Crippen LogP contribution in [-0.4, -0.2) is 28.5 Å². The molecule has 1 amide bonds. The SMILES string of the molecule is CCC1CCCN(C(=O)S)C1C(C)=O. The van der Waals surface area contributed by atoms with Crippen molar-refractivity contribution in [3.05, 3.63) is 0 Å². The lowest BCUT2D eigenvalue weighted by atomic mass is 9.85. The molecule has 1 saturated heterocycles. The maximum Gasteiger partial charge on any atom is 0.279 e. The molecule has 0 bridgehead atoms. The van der Waals surface area contributed by atoms with Crippen LogP contribution in [0, 0.1) is 5.92 Å². The number of hydrogen-bond donors (Lipinski definition) is 1. The topological polar surface area (TPSA) is 37.4 Å². The van der Waals surface area contributed by atoms with E-state index in [1.165, 1.54) is 0 Å². The normalized spacial score (nSPS) is 27.5. The van der Waals surface area contributed by atoms with Gasteiger partial charge in [0.25, 0.3) is 5.24 Å². The molecule has 0 saturated carbocycles. The van der Waals surface area contributed by atoms with Crippen molar-refractivity contribution in [2.24, 2.45) is 5.92 Å². The molecule has 80 valence electrons. The van der Waals surface area contributed by atoms with Gasteiger partial charge in [-0.2, -0.15) is 0 Å². The first-order valence-corrected chi connectivity index (χ1v) is 5.52. The summed E-state index contributed by atoms with van der Waals surface area (Å²) < 4.78 is 0. The van der Waals surface area contributed by atoms with Gasteiger partial charge in [-0.15, -0.1) is 0 Å². The second-order valence-corrected chi connectivity index (χ2v) is 4.22. The van der Waals surface area contributed by atoms with E-state index >= 15 is 0 Å². The molecule has 1 aliphatic rings. The molecule has 0 aromatic rings. The van der Waals surface area contributed by atoms with Crippen LogP contribution in [0.4, 0.5) is 4.79 Å². The zero-order valence-corrected chi connectivity index (χ0v) is 9.59. The van der Waals surface area contributed by atoms with Gasteiger partial charge in [0, 0.05) is 6.54 Å². The quantitative estimate of drug-likeness (QED) is 0.716. The number of likely N-dealkylation sites (tertiary alicyclic amines) is 1. The van der Waals surface area contributed by atoms with Crippen LogP contribution in [0.25, 0.3) is 0 Å². The van der Waals surface area contributed by atoms with Crippen LogP contribution in [0.1, 0.15) is 33.1 Å². The molecule has 0 aromatic heterocycles. The van der Waals surface area contributed by atoms with Crippen LogP contribution in [0.2, 0.25) is 0 Å². The highest BCUT2D eigenvalue weighted by molar-refractivity contribution is 7.96. The van der Waals surface area contributed by atoms with Crippen LogP contribution in [-0.2, 0) is 4.79 Å². The van der Waals surface area contributed by atoms with E-state index in [2.05, 4.69) is 19.6 Å². The molecule has 1 heterocycles. The van der Waals surface area contributed by atoms with E-state index in [1.807, 2.05) is 0 Å². The highest BCUT2D eigenvalue weighted by atomic mass is 32.1. The number of ketones is 1. The van der Waals surface area contributed by atoms with Crippen molar-refractivity contribution in [1.29, 1.82) is 0 Å². The van der Waals surface area contributed by atoms with Gasteiger partial charge in [-0.1, -0.05) is 26.0 Å². The Kier molecular flexibility index (Phi) is 3.98. The number of nitrogens with zero attached hydrogens (tertiary/aromatic N) is 1. The van der Waals surface area contributed by atoms with Gasteiger partial charge in [0.15, 0.2) is 5.78 Å². The lowest BCUT2D eigenvalue weighted by molar-refractivity contribution is -0.123. The number of Topliss-reactive ketones (excluding diaryl/α,β-unsaturated/α-hetero) is 1. The minimum Gasteiger partial charge on any atom is -0.324 e. The third-order valence-corrected chi connectivity index (χ3v) is 3.20. The Hall–Kier alpha value is -0.510. The van der Waals surface area contributed by atoms with Crippen molar-refractivity contribution in [2.75, 3.05) is 6.54 Å². The van der Waals surface area contributed by atoms with Crippen LogP contribution in [0.15, 0.2) is 0 Å². The minimum atomic E-state index is -0.275. The van der Waals surface area contributed by atoms with Crippen LogP contribution in [0.3, 0.4) is 0 Å². The molecule has 1 fully saturated rings. The lowest BCUT2D eigenvalue weighted by Crippen LogP contribution is -2.50. The molecule has 14 heavy (non-hydrogen) atoms. The summed E-state index contributed by atoms with van der Waals surface area (Å²) in [7, 11) is 0. The Morgan fingerprint density at radius 3 is 2.57 bits per heavy atom. The Bertz CT molecular complexity index is 242. The summed E-state index contributed by atoms with van der Waals surface area (Å²) in [6.07, 6.45) is 2.97. The second kappa shape index (κ2) is 4.82. The van der Waals surface area contributed by atoms with Gasteiger partial charge < -0.3 is 4.90 Å². The zero-order valence-electron chi connectivity index (χ0n) is 8.69. The molecular formula is C10H17NO2S. The zero-order chi connectivity index (χ0) is 10.7. The Balaban J connectivity index is 2.83. The van der Waals surface area contributed by atoms with Gasteiger partial charge in [-0.25, -0.2) is 0 Å². The predicted molar refractivity (Wildman–Crippen MR) is 58.6 cm³/mol. The third kappa shape index (κ3) is 2.29. The number of amides is 1. The summed E-state index contributed by atoms with van der Waals surface area (Å²) in [6.45, 7) is 4.29. The van der Waals surface area contributed by atoms with Crippen molar-refractivity contribution in [2.45, 2.75) is 39.2 Å². The average molecular weight is 215 g/mol. The van der Waals surface area contributed by atoms with Gasteiger partial charge in [-0.3, -0.25) is 9.59 Å². The smallest absolute Gasteiger partial charge is 0.279 e. The highest BCUT2D eigenvalue weighted by Gasteiger charge is 2.35. The minimum absolute atomic E-state index is 0.0824. The first kappa shape index (κ1) is 11.6. The monoisotopic (exact) mass is 215 g/mol. The van der Waals surface area contributed by atoms with E-state index in [0.717, 1.165) is 19.3 Å². The third-order valence-electron chi connectivity index (χ3n) is 2.94. The van der Waals surface area contributed by atoms with Crippen molar-refractivity contribution < 1.29 is 9.59 Å². The van der Waals surface area contributed by atoms with Crippen LogP contribution >= 0.6 is 12.6 Å². The molecule has 1 rings (SSSR count). The second-order valence-electron chi connectivity index (χ2n) is 3.84. The molecule has 2 atom stereocenters. The maximum absolute atomic E-state index is 11.5. The summed E-state index contributed by atoms with van der Waals surface area (Å²) in [6, 6.07) is -0.237. The molecule has 1 aliphatic heterocycles. The molecule has 0 N–H and O–H groups in total. The lowest BCUT2D eigenvalue weighted by Gasteiger charge is -2.38. The number of thiol groups is 1. The Labute approximate surface area is 90.3 Å². The predicted octanol–water partition coefficient (Wildman–Crippen LogP) is 2.12. The summed E-state index contributed by atoms with van der Waals surface area (Å²) in [4.78, 5) is 24.3. The molecular weight excluding hydrogens is 198 g/mol. The summed E-state index contributed by atoms with van der Waals surface area (Å²) in [5, 5.41) is -0.275. The largest absolute Gasteiger partial charge is 0.324 e. The first-order valence-electron chi connectivity index (χ1n) is 5.08. The van der Waals surface area contributed by atoms with Gasteiger partial charge in [0.2, 0.25) is 0 Å². The van der Waals surface area contributed by atoms with Crippen molar-refractivity contribution in [3.63, 3.8) is 0 Å². The van der Waals surface area contributed by atoms with Crippen LogP contribution < -0.4 is 0 Å². The number of hydrogen-bond acceptors (Lipinski definition) is 2. The van der Waals surface area contributed by atoms with Crippen LogP contribution in [0.5, 0.6) is 0 Å². The number of carbonyl (C=O) groups excluding carboxylic acids is 2. The van der Waals surface area contributed by atoms with Crippen molar-refractivity contribution in [3.8, 4) is 0 Å². The molecule has 0 spiro atoms. The highest BCUT2D eigenvalue weighted by Crippen LogP contribution is 2.27. The number of piperidine rings is 1. The van der Waals surface area contributed by atoms with Crippen molar-refractivity contribution in [1.82, 2.24) is 4.90 Å². The van der Waals surface area contributed by atoms with Gasteiger partial charge in [-0.05, 0) is 25.7 Å². The fourth-order valence-electron chi connectivity index (χ4n) is 2.27. The molecule has 0 aromatic carbocycles. The average Bonchev–Trinajstić information content (AvgIpc) is 2.16. The van der Waals surface area contributed by atoms with E-state index in [1.54, 1.807) is 11.8 Å².